The number of rotatable bonds is 3. The van der Waals surface area contributed by atoms with Crippen molar-refractivity contribution >= 4 is 17.9 Å². The number of esters is 1. The molecule has 30 heavy (non-hydrogen) atoms. The Morgan fingerprint density at radius 3 is 2.77 bits per heavy atom. The fraction of sp³-hybridized carbons (Fsp3) is 0.562. The highest BCUT2D eigenvalue weighted by atomic mass is 19.4. The van der Waals surface area contributed by atoms with Crippen LogP contribution >= 0.6 is 0 Å². The van der Waals surface area contributed by atoms with E-state index in [1.807, 2.05) is 0 Å². The van der Waals surface area contributed by atoms with Crippen molar-refractivity contribution in [3.05, 3.63) is 23.7 Å². The van der Waals surface area contributed by atoms with Crippen LogP contribution in [0.4, 0.5) is 13.2 Å². The fourth-order valence-corrected chi connectivity index (χ4v) is 4.47. The third kappa shape index (κ3) is 2.49. The molecule has 1 spiro atoms. The van der Waals surface area contributed by atoms with Crippen molar-refractivity contribution in [3.63, 3.8) is 0 Å². The van der Waals surface area contributed by atoms with Gasteiger partial charge in [0.15, 0.2) is 29.3 Å². The molecule has 164 valence electrons. The molecule has 1 aromatic heterocycles. The molecule has 4 heterocycles. The number of ether oxygens (including phenoxy) is 1. The predicted molar refractivity (Wildman–Crippen MR) is 94.0 cm³/mol. The molecule has 1 saturated heterocycles. The van der Waals surface area contributed by atoms with E-state index in [-0.39, 0.29) is 18.5 Å². The second-order valence-electron chi connectivity index (χ2n) is 7.30. The first-order valence-electron chi connectivity index (χ1n) is 8.87. The van der Waals surface area contributed by atoms with Gasteiger partial charge in [-0.3, -0.25) is 4.99 Å². The molecule has 3 aliphatic rings. The monoisotopic (exact) mass is 432 g/mol. The molecule has 2 unspecified atom stereocenters. The molecule has 5 atom stereocenters. The molecule has 4 rings (SSSR count). The van der Waals surface area contributed by atoms with Gasteiger partial charge in [-0.25, -0.2) is 9.79 Å². The number of furan rings is 1. The zero-order valence-corrected chi connectivity index (χ0v) is 15.6. The molecule has 7 N–H and O–H groups in total. The number of aliphatic hydroxyl groups excluding tert-OH is 1. The number of nitrogens with one attached hydrogen (secondary N) is 1. The van der Waals surface area contributed by atoms with E-state index in [9.17, 15) is 28.2 Å². The van der Waals surface area contributed by atoms with Gasteiger partial charge in [-0.15, -0.1) is 0 Å². The molecule has 3 aliphatic heterocycles. The molecule has 0 saturated carbocycles. The lowest BCUT2D eigenvalue weighted by atomic mass is 9.80. The van der Waals surface area contributed by atoms with Crippen LogP contribution < -0.4 is 16.8 Å². The molecule has 0 radical (unpaired) electrons. The van der Waals surface area contributed by atoms with Crippen LogP contribution in [0.2, 0.25) is 0 Å². The van der Waals surface area contributed by atoms with Crippen molar-refractivity contribution in [2.45, 2.75) is 42.6 Å². The van der Waals surface area contributed by atoms with E-state index < -0.39 is 59.7 Å². The molecule has 1 fully saturated rings. The Morgan fingerprint density at radius 2 is 2.17 bits per heavy atom. The van der Waals surface area contributed by atoms with Gasteiger partial charge in [-0.2, -0.15) is 13.2 Å². The number of aliphatic imine (C=N–C) groups is 2. The number of hydrogen-bond donors (Lipinski definition) is 5. The van der Waals surface area contributed by atoms with Crippen LogP contribution in [0.3, 0.4) is 0 Å². The van der Waals surface area contributed by atoms with E-state index in [1.54, 1.807) is 0 Å². The van der Waals surface area contributed by atoms with Crippen LogP contribution in [-0.2, 0) is 10.9 Å². The maximum atomic E-state index is 12.8. The zero-order valence-electron chi connectivity index (χ0n) is 15.6. The van der Waals surface area contributed by atoms with Gasteiger partial charge in [0.05, 0.1) is 19.2 Å². The first-order valence-corrected chi connectivity index (χ1v) is 8.87. The van der Waals surface area contributed by atoms with E-state index in [4.69, 9.17) is 16.2 Å². The molecule has 11 nitrogen and oxygen atoms in total. The Morgan fingerprint density at radius 1 is 1.47 bits per heavy atom. The smallest absolute Gasteiger partial charge is 0.449 e. The summed E-state index contributed by atoms with van der Waals surface area (Å²) < 4.78 is 48.1. The lowest BCUT2D eigenvalue weighted by Gasteiger charge is -2.48. The number of halogens is 3. The quantitative estimate of drug-likeness (QED) is 0.359. The van der Waals surface area contributed by atoms with Gasteiger partial charge in [-0.05, 0) is 19.1 Å². The molecule has 1 aromatic rings. The minimum atomic E-state index is -4.79. The van der Waals surface area contributed by atoms with E-state index in [1.165, 1.54) is 11.8 Å². The maximum Gasteiger partial charge on any atom is 0.449 e. The number of nitrogens with two attached hydrogens (primary N) is 2. The second kappa shape index (κ2) is 6.25. The summed E-state index contributed by atoms with van der Waals surface area (Å²) in [4.78, 5) is 22.2. The van der Waals surface area contributed by atoms with Crippen LogP contribution in [0, 0.1) is 0 Å². The summed E-state index contributed by atoms with van der Waals surface area (Å²) in [7, 11) is 0. The standard InChI is InChI=1S/C16H19F3N6O5/c1-6-10(30-11(27)7-2-3-9(29-7)16(17,18)19)14(28,5-26)15-8(23-12(20)24-15)4-22-13(21)25(6)15/h2-3,6,8,10,26,28H,4-5H2,1H3,(H2,21,22)(H3,20,23,24)/t6-,8?,10-,14+,15?/m0/s1. The van der Waals surface area contributed by atoms with Gasteiger partial charge in [0.25, 0.3) is 0 Å². The summed E-state index contributed by atoms with van der Waals surface area (Å²) in [5, 5.41) is 24.4. The minimum Gasteiger partial charge on any atom is -0.451 e. The Balaban J connectivity index is 1.70. The zero-order chi connectivity index (χ0) is 22.1. The second-order valence-corrected chi connectivity index (χ2v) is 7.30. The largest absolute Gasteiger partial charge is 0.451 e. The summed E-state index contributed by atoms with van der Waals surface area (Å²) in [6.45, 7) is 0.674. The predicted octanol–water partition coefficient (Wildman–Crippen LogP) is -1.44. The van der Waals surface area contributed by atoms with Crippen molar-refractivity contribution in [1.29, 1.82) is 0 Å². The Kier molecular flexibility index (Phi) is 4.22. The number of carbonyl (C=O) groups is 1. The van der Waals surface area contributed by atoms with Gasteiger partial charge in [0.2, 0.25) is 11.5 Å². The molecule has 14 heteroatoms. The Labute approximate surface area is 167 Å². The third-order valence-electron chi connectivity index (χ3n) is 5.69. The number of aliphatic hydroxyl groups is 2. The van der Waals surface area contributed by atoms with E-state index in [0.29, 0.717) is 6.07 Å². The normalized spacial score (nSPS) is 35.3. The first kappa shape index (κ1) is 20.3. The Bertz CT molecular complexity index is 948. The number of hydrogen-bond acceptors (Lipinski definition) is 11. The van der Waals surface area contributed by atoms with Crippen molar-refractivity contribution < 1.29 is 37.3 Å². The van der Waals surface area contributed by atoms with E-state index >= 15 is 0 Å². The van der Waals surface area contributed by atoms with Crippen molar-refractivity contribution in [2.75, 3.05) is 13.2 Å². The van der Waals surface area contributed by atoms with Crippen molar-refractivity contribution in [1.82, 2.24) is 10.2 Å². The van der Waals surface area contributed by atoms with Crippen LogP contribution in [0.1, 0.15) is 23.2 Å². The maximum absolute atomic E-state index is 12.8. The number of guanidine groups is 2. The molecule has 0 amide bonds. The number of nitrogens with zero attached hydrogens (tertiary/aromatic N) is 3. The first-order chi connectivity index (χ1) is 14.0. The minimum absolute atomic E-state index is 0.0149. The fourth-order valence-electron chi connectivity index (χ4n) is 4.47. The third-order valence-corrected chi connectivity index (χ3v) is 5.69. The van der Waals surface area contributed by atoms with Gasteiger partial charge < -0.3 is 41.1 Å². The average molecular weight is 432 g/mol. The van der Waals surface area contributed by atoms with Gasteiger partial charge in [-0.1, -0.05) is 0 Å². The highest BCUT2D eigenvalue weighted by Gasteiger charge is 2.75. The van der Waals surface area contributed by atoms with Crippen LogP contribution in [0.5, 0.6) is 0 Å². The number of alkyl halides is 3. The summed E-state index contributed by atoms with van der Waals surface area (Å²) >= 11 is 0. The summed E-state index contributed by atoms with van der Waals surface area (Å²) in [6.07, 6.45) is -6.23. The van der Waals surface area contributed by atoms with E-state index in [2.05, 4.69) is 19.7 Å². The molecular formula is C16H19F3N6O5. The molecular weight excluding hydrogens is 413 g/mol. The van der Waals surface area contributed by atoms with Gasteiger partial charge in [0.1, 0.15) is 6.04 Å². The Hall–Kier alpha value is -3.00. The topological polar surface area (TPSA) is 172 Å². The van der Waals surface area contributed by atoms with Crippen LogP contribution in [0.15, 0.2) is 26.5 Å². The summed E-state index contributed by atoms with van der Waals surface area (Å²) in [5.74, 6) is -3.41. The van der Waals surface area contributed by atoms with Gasteiger partial charge in [0, 0.05) is 0 Å². The van der Waals surface area contributed by atoms with Gasteiger partial charge >= 0.3 is 12.1 Å². The number of carbonyl (C=O) groups excluding carboxylic acids is 1. The SMILES string of the molecule is C[C@H]1[C@H](OC(=O)c2ccc(C(F)(F)F)o2)[C@](O)(CO)C23NC(N)=NC2CN=C(N)N13. The highest BCUT2D eigenvalue weighted by molar-refractivity contribution is 5.89. The lowest BCUT2D eigenvalue weighted by molar-refractivity contribution is -0.154. The van der Waals surface area contributed by atoms with Crippen molar-refractivity contribution in [3.8, 4) is 0 Å². The molecule has 0 aromatic carbocycles. The van der Waals surface area contributed by atoms with Crippen LogP contribution in [-0.4, -0.2) is 75.6 Å². The summed E-state index contributed by atoms with van der Waals surface area (Å²) in [6, 6.07) is -0.235. The van der Waals surface area contributed by atoms with Crippen molar-refractivity contribution in [2.24, 2.45) is 21.5 Å². The average Bonchev–Trinajstić information content (AvgIpc) is 3.33. The molecule has 0 aliphatic carbocycles. The molecule has 0 bridgehead atoms. The lowest BCUT2D eigenvalue weighted by Crippen LogP contribution is -2.77. The summed E-state index contributed by atoms with van der Waals surface area (Å²) in [5.41, 5.74) is 8.05. The highest BCUT2D eigenvalue weighted by Crippen LogP contribution is 2.48. The van der Waals surface area contributed by atoms with Crippen LogP contribution in [0.25, 0.3) is 0 Å². The van der Waals surface area contributed by atoms with E-state index in [0.717, 1.165) is 6.07 Å².